The minimum Gasteiger partial charge on any atom is -0.388 e. The molecular weight excluding hydrogens is 250 g/mol. The Kier molecular flexibility index (Phi) is 3.92. The predicted octanol–water partition coefficient (Wildman–Crippen LogP) is 1.67. The van der Waals surface area contributed by atoms with Crippen molar-refractivity contribution in [2.75, 3.05) is 6.54 Å². The monoisotopic (exact) mass is 269 g/mol. The first-order chi connectivity index (χ1) is 8.49. The van der Waals surface area contributed by atoms with Crippen LogP contribution in [0.1, 0.15) is 30.7 Å². The van der Waals surface area contributed by atoms with Gasteiger partial charge in [0.1, 0.15) is 0 Å². The number of rotatable bonds is 6. The minimum absolute atomic E-state index is 0.243. The van der Waals surface area contributed by atoms with E-state index in [9.17, 15) is 0 Å². The highest BCUT2D eigenvalue weighted by Crippen LogP contribution is 2.30. The van der Waals surface area contributed by atoms with Gasteiger partial charge in [0.25, 0.3) is 0 Å². The molecule has 1 aliphatic carbocycles. The second kappa shape index (κ2) is 5.28. The average molecular weight is 270 g/mol. The summed E-state index contributed by atoms with van der Waals surface area (Å²) in [6.45, 7) is 3.53. The molecule has 0 bridgehead atoms. The van der Waals surface area contributed by atoms with Crippen molar-refractivity contribution in [3.63, 3.8) is 0 Å². The Hall–Kier alpha value is -1.07. The van der Waals surface area contributed by atoms with Crippen LogP contribution >= 0.6 is 11.6 Å². The molecule has 1 saturated carbocycles. The third-order valence-electron chi connectivity index (χ3n) is 3.35. The number of hydrogen-bond acceptors (Lipinski definition) is 3. The van der Waals surface area contributed by atoms with Crippen molar-refractivity contribution < 1.29 is 0 Å². The maximum absolute atomic E-state index is 7.32. The van der Waals surface area contributed by atoms with Crippen molar-refractivity contribution in [2.45, 2.75) is 38.8 Å². The smallest absolute Gasteiger partial charge is 0.0918 e. The van der Waals surface area contributed by atoms with E-state index in [1.165, 1.54) is 12.8 Å². The van der Waals surface area contributed by atoms with Crippen molar-refractivity contribution in [2.24, 2.45) is 12.8 Å². The number of hydrogen-bond donors (Lipinski definition) is 2. The summed E-state index contributed by atoms with van der Waals surface area (Å²) in [6, 6.07) is 0.621. The van der Waals surface area contributed by atoms with E-state index < -0.39 is 0 Å². The summed E-state index contributed by atoms with van der Waals surface area (Å²) in [7, 11) is 1.92. The Labute approximate surface area is 112 Å². The van der Waals surface area contributed by atoms with Crippen LogP contribution in [-0.4, -0.2) is 33.1 Å². The number of nitrogens with one attached hydrogen (secondary N) is 1. The first-order valence-electron chi connectivity index (χ1n) is 6.24. The molecule has 3 N–H and O–H groups in total. The Morgan fingerprint density at radius 1 is 1.61 bits per heavy atom. The van der Waals surface area contributed by atoms with Crippen LogP contribution in [0.5, 0.6) is 0 Å². The van der Waals surface area contributed by atoms with Crippen LogP contribution in [0.25, 0.3) is 0 Å². The van der Waals surface area contributed by atoms with E-state index in [1.54, 1.807) is 0 Å². The molecule has 1 aromatic heterocycles. The third-order valence-corrected chi connectivity index (χ3v) is 3.84. The lowest BCUT2D eigenvalue weighted by atomic mass is 10.3. The SMILES string of the molecule is Cc1nn(C)c(CN(CCC(=N)N)C2CC2)c1Cl. The largest absolute Gasteiger partial charge is 0.388 e. The Bertz CT molecular complexity index is 450. The highest BCUT2D eigenvalue weighted by atomic mass is 35.5. The number of nitrogens with zero attached hydrogens (tertiary/aromatic N) is 3. The number of halogens is 1. The van der Waals surface area contributed by atoms with E-state index >= 15 is 0 Å². The molecule has 0 aromatic carbocycles. The zero-order valence-electron chi connectivity index (χ0n) is 10.9. The van der Waals surface area contributed by atoms with Gasteiger partial charge in [0.05, 0.1) is 22.2 Å². The second-order valence-corrected chi connectivity index (χ2v) is 5.32. The molecule has 2 rings (SSSR count). The van der Waals surface area contributed by atoms with Crippen LogP contribution in [-0.2, 0) is 13.6 Å². The topological polar surface area (TPSA) is 70.9 Å². The quantitative estimate of drug-likeness (QED) is 0.610. The van der Waals surface area contributed by atoms with Gasteiger partial charge in [-0.15, -0.1) is 0 Å². The van der Waals surface area contributed by atoms with Crippen molar-refractivity contribution >= 4 is 17.4 Å². The van der Waals surface area contributed by atoms with E-state index in [0.29, 0.717) is 12.5 Å². The van der Waals surface area contributed by atoms with Crippen LogP contribution in [0, 0.1) is 12.3 Å². The molecular formula is C12H20ClN5. The maximum atomic E-state index is 7.32. The van der Waals surface area contributed by atoms with E-state index in [2.05, 4.69) is 10.00 Å². The molecule has 0 unspecified atom stereocenters. The Morgan fingerprint density at radius 3 is 2.72 bits per heavy atom. The molecule has 0 amide bonds. The first kappa shape index (κ1) is 13.4. The maximum Gasteiger partial charge on any atom is 0.0918 e. The lowest BCUT2D eigenvalue weighted by Gasteiger charge is -2.21. The lowest BCUT2D eigenvalue weighted by Crippen LogP contribution is -2.30. The van der Waals surface area contributed by atoms with E-state index in [1.807, 2.05) is 18.7 Å². The second-order valence-electron chi connectivity index (χ2n) is 4.95. The highest BCUT2D eigenvalue weighted by molar-refractivity contribution is 6.31. The highest BCUT2D eigenvalue weighted by Gasteiger charge is 2.30. The zero-order chi connectivity index (χ0) is 13.3. The standard InChI is InChI=1S/C12H20ClN5/c1-8-12(13)10(17(2)16-8)7-18(9-3-4-9)6-5-11(14)15/h9H,3-7H2,1-2H3,(H3,14,15). The van der Waals surface area contributed by atoms with Crippen molar-refractivity contribution in [3.8, 4) is 0 Å². The first-order valence-corrected chi connectivity index (χ1v) is 6.61. The molecule has 18 heavy (non-hydrogen) atoms. The van der Waals surface area contributed by atoms with Gasteiger partial charge in [0.15, 0.2) is 0 Å². The van der Waals surface area contributed by atoms with Crippen LogP contribution in [0.2, 0.25) is 5.02 Å². The van der Waals surface area contributed by atoms with Gasteiger partial charge in [-0.1, -0.05) is 11.6 Å². The summed E-state index contributed by atoms with van der Waals surface area (Å²) in [4.78, 5) is 2.35. The fourth-order valence-electron chi connectivity index (χ4n) is 2.14. The normalized spacial score (nSPS) is 15.3. The van der Waals surface area contributed by atoms with E-state index in [4.69, 9.17) is 22.7 Å². The molecule has 0 radical (unpaired) electrons. The van der Waals surface area contributed by atoms with Crippen molar-refractivity contribution in [1.82, 2.24) is 14.7 Å². The van der Waals surface area contributed by atoms with Gasteiger partial charge in [0, 0.05) is 32.6 Å². The lowest BCUT2D eigenvalue weighted by molar-refractivity contribution is 0.255. The van der Waals surface area contributed by atoms with Crippen molar-refractivity contribution in [3.05, 3.63) is 16.4 Å². The van der Waals surface area contributed by atoms with Crippen LogP contribution in [0.15, 0.2) is 0 Å². The van der Waals surface area contributed by atoms with Crippen LogP contribution in [0.4, 0.5) is 0 Å². The van der Waals surface area contributed by atoms with Crippen molar-refractivity contribution in [1.29, 1.82) is 5.41 Å². The van der Waals surface area contributed by atoms with Gasteiger partial charge >= 0.3 is 0 Å². The fraction of sp³-hybridized carbons (Fsp3) is 0.667. The molecule has 0 spiro atoms. The molecule has 1 aromatic rings. The average Bonchev–Trinajstić information content (AvgIpc) is 3.08. The van der Waals surface area contributed by atoms with Gasteiger partial charge in [-0.05, 0) is 19.8 Å². The predicted molar refractivity (Wildman–Crippen MR) is 72.9 cm³/mol. The number of aryl methyl sites for hydroxylation is 2. The Morgan fingerprint density at radius 2 is 2.28 bits per heavy atom. The number of amidine groups is 1. The molecule has 5 nitrogen and oxygen atoms in total. The molecule has 6 heteroatoms. The summed E-state index contributed by atoms with van der Waals surface area (Å²) in [5, 5.41) is 12.4. The number of aromatic nitrogens is 2. The van der Waals surface area contributed by atoms with Crippen LogP contribution in [0.3, 0.4) is 0 Å². The van der Waals surface area contributed by atoms with E-state index in [0.717, 1.165) is 29.5 Å². The summed E-state index contributed by atoms with van der Waals surface area (Å²) in [5.74, 6) is 0.243. The summed E-state index contributed by atoms with van der Waals surface area (Å²) in [6.07, 6.45) is 3.07. The van der Waals surface area contributed by atoms with Gasteiger partial charge in [-0.25, -0.2) is 0 Å². The molecule has 100 valence electrons. The number of nitrogens with two attached hydrogens (primary N) is 1. The fourth-order valence-corrected chi connectivity index (χ4v) is 2.36. The molecule has 0 atom stereocenters. The molecule has 0 aliphatic heterocycles. The minimum atomic E-state index is 0.243. The molecule has 1 heterocycles. The van der Waals surface area contributed by atoms with Crippen LogP contribution < -0.4 is 5.73 Å². The third kappa shape index (κ3) is 3.03. The van der Waals surface area contributed by atoms with E-state index in [-0.39, 0.29) is 5.84 Å². The summed E-state index contributed by atoms with van der Waals surface area (Å²) >= 11 is 6.27. The zero-order valence-corrected chi connectivity index (χ0v) is 11.7. The molecule has 0 saturated heterocycles. The molecule has 1 aliphatic rings. The van der Waals surface area contributed by atoms with Gasteiger partial charge in [-0.3, -0.25) is 15.0 Å². The molecule has 1 fully saturated rings. The Balaban J connectivity index is 2.06. The van der Waals surface area contributed by atoms with Gasteiger partial charge in [-0.2, -0.15) is 5.10 Å². The van der Waals surface area contributed by atoms with Gasteiger partial charge in [0.2, 0.25) is 0 Å². The van der Waals surface area contributed by atoms with Gasteiger partial charge < -0.3 is 5.73 Å². The summed E-state index contributed by atoms with van der Waals surface area (Å²) in [5.41, 5.74) is 7.35. The summed E-state index contributed by atoms with van der Waals surface area (Å²) < 4.78 is 1.85.